The molecule has 2 aromatic heterocycles. The molecule has 0 aliphatic carbocycles. The van der Waals surface area contributed by atoms with Gasteiger partial charge in [-0.1, -0.05) is 20.3 Å². The van der Waals surface area contributed by atoms with Crippen molar-refractivity contribution in [1.29, 1.82) is 0 Å². The number of hydrogen-bond donors (Lipinski definition) is 1. The average molecular weight is 293 g/mol. The zero-order chi connectivity index (χ0) is 15.6. The highest BCUT2D eigenvalue weighted by atomic mass is 16.2. The van der Waals surface area contributed by atoms with Crippen LogP contribution < -0.4 is 17.0 Å². The molecule has 0 fully saturated rings. The summed E-state index contributed by atoms with van der Waals surface area (Å²) in [6.07, 6.45) is 4.11. The Hall–Kier alpha value is -1.89. The Balaban J connectivity index is 2.70. The standard InChI is InChI=1S/C14H23N5O2/c1-4-6-7-18-12-11(17(3)9-16-12)13(20)19(14(18)21)8-10(15)5-2/h9-10H,4-8,15H2,1-3H3. The van der Waals surface area contributed by atoms with E-state index >= 15 is 0 Å². The van der Waals surface area contributed by atoms with Crippen LogP contribution in [0.1, 0.15) is 33.1 Å². The van der Waals surface area contributed by atoms with Crippen LogP contribution in [0.2, 0.25) is 0 Å². The number of rotatable bonds is 6. The molecular formula is C14H23N5O2. The van der Waals surface area contributed by atoms with Crippen LogP contribution in [0.4, 0.5) is 0 Å². The molecule has 2 heterocycles. The fraction of sp³-hybridized carbons (Fsp3) is 0.643. The highest BCUT2D eigenvalue weighted by Crippen LogP contribution is 2.06. The Morgan fingerprint density at radius 1 is 1.29 bits per heavy atom. The van der Waals surface area contributed by atoms with Gasteiger partial charge in [0.25, 0.3) is 5.56 Å². The number of aryl methyl sites for hydroxylation is 2. The third-order valence-corrected chi connectivity index (χ3v) is 3.76. The molecular weight excluding hydrogens is 270 g/mol. The Morgan fingerprint density at radius 3 is 2.62 bits per heavy atom. The van der Waals surface area contributed by atoms with E-state index in [2.05, 4.69) is 11.9 Å². The van der Waals surface area contributed by atoms with Crippen molar-refractivity contribution in [3.05, 3.63) is 27.2 Å². The smallest absolute Gasteiger partial charge is 0.328 e. The van der Waals surface area contributed by atoms with Crippen molar-refractivity contribution in [1.82, 2.24) is 18.7 Å². The third-order valence-electron chi connectivity index (χ3n) is 3.76. The van der Waals surface area contributed by atoms with E-state index in [9.17, 15) is 9.59 Å². The number of unbranched alkanes of at least 4 members (excludes halogenated alkanes) is 1. The molecule has 0 aliphatic heterocycles. The van der Waals surface area contributed by atoms with Crippen molar-refractivity contribution in [2.24, 2.45) is 12.8 Å². The lowest BCUT2D eigenvalue weighted by atomic mass is 10.2. The number of imidazole rings is 1. The van der Waals surface area contributed by atoms with E-state index in [1.807, 2.05) is 6.92 Å². The number of nitrogens with zero attached hydrogens (tertiary/aromatic N) is 4. The number of aromatic nitrogens is 4. The summed E-state index contributed by atoms with van der Waals surface area (Å²) in [5.74, 6) is 0. The molecule has 0 aliphatic rings. The predicted molar refractivity (Wildman–Crippen MR) is 82.4 cm³/mol. The van der Waals surface area contributed by atoms with E-state index in [1.165, 1.54) is 4.57 Å². The molecule has 1 unspecified atom stereocenters. The minimum Gasteiger partial charge on any atom is -0.328 e. The fourth-order valence-corrected chi connectivity index (χ4v) is 2.36. The van der Waals surface area contributed by atoms with Gasteiger partial charge in [-0.2, -0.15) is 0 Å². The van der Waals surface area contributed by atoms with E-state index in [-0.39, 0.29) is 23.8 Å². The van der Waals surface area contributed by atoms with Crippen LogP contribution in [0.15, 0.2) is 15.9 Å². The van der Waals surface area contributed by atoms with E-state index in [1.54, 1.807) is 22.5 Å². The van der Waals surface area contributed by atoms with Gasteiger partial charge >= 0.3 is 5.69 Å². The number of hydrogen-bond acceptors (Lipinski definition) is 4. The third kappa shape index (κ3) is 2.78. The molecule has 2 rings (SSSR count). The fourth-order valence-electron chi connectivity index (χ4n) is 2.36. The maximum absolute atomic E-state index is 12.6. The van der Waals surface area contributed by atoms with Crippen LogP contribution >= 0.6 is 0 Å². The van der Waals surface area contributed by atoms with Crippen LogP contribution in [-0.4, -0.2) is 24.7 Å². The van der Waals surface area contributed by atoms with Crippen molar-refractivity contribution < 1.29 is 0 Å². The second-order valence-corrected chi connectivity index (χ2v) is 5.40. The Morgan fingerprint density at radius 2 is 2.00 bits per heavy atom. The van der Waals surface area contributed by atoms with Gasteiger partial charge in [-0.15, -0.1) is 0 Å². The first-order valence-electron chi connectivity index (χ1n) is 7.41. The van der Waals surface area contributed by atoms with E-state index in [4.69, 9.17) is 5.73 Å². The first-order chi connectivity index (χ1) is 10.0. The molecule has 0 bridgehead atoms. The first-order valence-corrected chi connectivity index (χ1v) is 7.41. The van der Waals surface area contributed by atoms with Crippen molar-refractivity contribution in [2.45, 2.75) is 52.2 Å². The summed E-state index contributed by atoms with van der Waals surface area (Å²) in [5, 5.41) is 0. The molecule has 0 amide bonds. The Labute approximate surface area is 123 Å². The van der Waals surface area contributed by atoms with Crippen molar-refractivity contribution in [2.75, 3.05) is 0 Å². The normalized spacial score (nSPS) is 13.0. The maximum Gasteiger partial charge on any atom is 0.332 e. The molecule has 21 heavy (non-hydrogen) atoms. The van der Waals surface area contributed by atoms with Gasteiger partial charge in [-0.3, -0.25) is 13.9 Å². The van der Waals surface area contributed by atoms with E-state index in [0.717, 1.165) is 12.8 Å². The summed E-state index contributed by atoms with van der Waals surface area (Å²) >= 11 is 0. The van der Waals surface area contributed by atoms with Gasteiger partial charge in [0, 0.05) is 26.2 Å². The quantitative estimate of drug-likeness (QED) is 0.837. The molecule has 1 atom stereocenters. The lowest BCUT2D eigenvalue weighted by Gasteiger charge is -2.14. The maximum atomic E-state index is 12.6. The van der Waals surface area contributed by atoms with Gasteiger partial charge in [0.2, 0.25) is 0 Å². The summed E-state index contributed by atoms with van der Waals surface area (Å²) < 4.78 is 4.49. The lowest BCUT2D eigenvalue weighted by Crippen LogP contribution is -2.44. The van der Waals surface area contributed by atoms with Crippen LogP contribution in [0, 0.1) is 0 Å². The summed E-state index contributed by atoms with van der Waals surface area (Å²) in [4.78, 5) is 29.3. The lowest BCUT2D eigenvalue weighted by molar-refractivity contribution is 0.485. The molecule has 0 aromatic carbocycles. The predicted octanol–water partition coefficient (Wildman–Crippen LogP) is 0.434. The van der Waals surface area contributed by atoms with Crippen molar-refractivity contribution >= 4 is 11.2 Å². The van der Waals surface area contributed by atoms with Crippen LogP contribution in [0.25, 0.3) is 11.2 Å². The average Bonchev–Trinajstić information content (AvgIpc) is 2.85. The topological polar surface area (TPSA) is 87.8 Å². The summed E-state index contributed by atoms with van der Waals surface area (Å²) in [7, 11) is 1.76. The molecule has 0 saturated carbocycles. The number of fused-ring (bicyclic) bond motifs is 1. The highest BCUT2D eigenvalue weighted by molar-refractivity contribution is 5.69. The van der Waals surface area contributed by atoms with Gasteiger partial charge in [0.05, 0.1) is 6.33 Å². The molecule has 2 aromatic rings. The van der Waals surface area contributed by atoms with Gasteiger partial charge < -0.3 is 10.3 Å². The summed E-state index contributed by atoms with van der Waals surface area (Å²) in [6, 6.07) is -0.208. The molecule has 7 heteroatoms. The van der Waals surface area contributed by atoms with E-state index in [0.29, 0.717) is 24.1 Å². The Bertz CT molecular complexity index is 740. The molecule has 0 spiro atoms. The second-order valence-electron chi connectivity index (χ2n) is 5.40. The van der Waals surface area contributed by atoms with E-state index < -0.39 is 0 Å². The SMILES string of the molecule is CCCCn1c(=O)n(CC(N)CC)c(=O)c2c1ncn2C. The zero-order valence-corrected chi connectivity index (χ0v) is 12.9. The Kier molecular flexibility index (Phi) is 4.62. The summed E-state index contributed by atoms with van der Waals surface area (Å²) in [6.45, 7) is 4.80. The van der Waals surface area contributed by atoms with Gasteiger partial charge in [-0.25, -0.2) is 9.78 Å². The van der Waals surface area contributed by atoms with Crippen LogP contribution in [-0.2, 0) is 20.1 Å². The largest absolute Gasteiger partial charge is 0.332 e. The van der Waals surface area contributed by atoms with Crippen LogP contribution in [0.3, 0.4) is 0 Å². The molecule has 0 radical (unpaired) electrons. The van der Waals surface area contributed by atoms with Crippen LogP contribution in [0.5, 0.6) is 0 Å². The van der Waals surface area contributed by atoms with Crippen molar-refractivity contribution in [3.8, 4) is 0 Å². The first kappa shape index (κ1) is 15.5. The minimum absolute atomic E-state index is 0.208. The molecule has 116 valence electrons. The van der Waals surface area contributed by atoms with Gasteiger partial charge in [0.1, 0.15) is 0 Å². The summed E-state index contributed by atoms with van der Waals surface area (Å²) in [5.41, 5.74) is 6.20. The van der Waals surface area contributed by atoms with Gasteiger partial charge in [-0.05, 0) is 12.8 Å². The zero-order valence-electron chi connectivity index (χ0n) is 12.9. The molecule has 0 saturated heterocycles. The molecule has 2 N–H and O–H groups in total. The minimum atomic E-state index is -0.316. The highest BCUT2D eigenvalue weighted by Gasteiger charge is 2.17. The van der Waals surface area contributed by atoms with Gasteiger partial charge in [0.15, 0.2) is 11.2 Å². The molecule has 7 nitrogen and oxygen atoms in total. The number of nitrogens with two attached hydrogens (primary N) is 1. The second kappa shape index (κ2) is 6.26. The van der Waals surface area contributed by atoms with Crippen molar-refractivity contribution in [3.63, 3.8) is 0 Å². The monoisotopic (exact) mass is 293 g/mol.